The number of hydrogen-bond acceptors (Lipinski definition) is 3. The number of nitrogens with one attached hydrogen (secondary N) is 1. The van der Waals surface area contributed by atoms with E-state index in [0.29, 0.717) is 5.82 Å². The predicted molar refractivity (Wildman–Crippen MR) is 60.6 cm³/mol. The molecule has 2 atom stereocenters. The number of halogens is 3. The Morgan fingerprint density at radius 2 is 2.00 bits per heavy atom. The zero-order valence-corrected chi connectivity index (χ0v) is 9.75. The molecule has 0 saturated carbocycles. The van der Waals surface area contributed by atoms with E-state index in [0.717, 1.165) is 18.7 Å². The number of pyridine rings is 1. The summed E-state index contributed by atoms with van der Waals surface area (Å²) >= 11 is 0. The smallest absolute Gasteiger partial charge is 0.368 e. The van der Waals surface area contributed by atoms with Gasteiger partial charge in [0.05, 0.1) is 5.56 Å². The molecule has 0 aliphatic heterocycles. The van der Waals surface area contributed by atoms with Gasteiger partial charge in [0.1, 0.15) is 5.82 Å². The third kappa shape index (κ3) is 4.60. The number of aromatic nitrogens is 1. The summed E-state index contributed by atoms with van der Waals surface area (Å²) in [4.78, 5) is 3.72. The van der Waals surface area contributed by atoms with Crippen LogP contribution >= 0.6 is 0 Å². The molecule has 0 saturated heterocycles. The fourth-order valence-corrected chi connectivity index (χ4v) is 1.52. The highest BCUT2D eigenvalue weighted by atomic mass is 19.4. The highest BCUT2D eigenvalue weighted by Crippen LogP contribution is 2.28. The third-order valence-electron chi connectivity index (χ3n) is 2.21. The standard InChI is InChI=1S/C11H16F3N3/c1-7(15)5-8(2)17-10-4-3-9(6-16-10)11(12,13)14/h3-4,6-8H,5,15H2,1-2H3,(H,16,17). The van der Waals surface area contributed by atoms with E-state index < -0.39 is 11.7 Å². The molecule has 6 heteroatoms. The molecule has 0 amide bonds. The lowest BCUT2D eigenvalue weighted by Gasteiger charge is -2.16. The molecule has 2 unspecified atom stereocenters. The van der Waals surface area contributed by atoms with Crippen molar-refractivity contribution in [2.75, 3.05) is 5.32 Å². The number of rotatable bonds is 4. The molecule has 1 aromatic rings. The van der Waals surface area contributed by atoms with Gasteiger partial charge in [0.15, 0.2) is 0 Å². The zero-order chi connectivity index (χ0) is 13.1. The van der Waals surface area contributed by atoms with Crippen LogP contribution in [0.3, 0.4) is 0 Å². The first-order valence-electron chi connectivity index (χ1n) is 5.34. The summed E-state index contributed by atoms with van der Waals surface area (Å²) < 4.78 is 36.8. The van der Waals surface area contributed by atoms with Crippen LogP contribution in [0, 0.1) is 0 Å². The van der Waals surface area contributed by atoms with Crippen molar-refractivity contribution in [1.82, 2.24) is 4.98 Å². The molecule has 1 heterocycles. The molecule has 0 aromatic carbocycles. The van der Waals surface area contributed by atoms with Crippen LogP contribution in [0.2, 0.25) is 0 Å². The first-order valence-corrected chi connectivity index (χ1v) is 5.34. The molecular formula is C11H16F3N3. The number of nitrogens with two attached hydrogens (primary N) is 1. The maximum absolute atomic E-state index is 12.3. The van der Waals surface area contributed by atoms with Gasteiger partial charge in [0, 0.05) is 18.3 Å². The van der Waals surface area contributed by atoms with Gasteiger partial charge >= 0.3 is 6.18 Å². The molecule has 0 bridgehead atoms. The minimum atomic E-state index is -4.34. The van der Waals surface area contributed by atoms with Crippen molar-refractivity contribution in [1.29, 1.82) is 0 Å². The summed E-state index contributed by atoms with van der Waals surface area (Å²) in [5.41, 5.74) is 4.87. The Kier molecular flexibility index (Phi) is 4.34. The van der Waals surface area contributed by atoms with Crippen molar-refractivity contribution < 1.29 is 13.2 Å². The third-order valence-corrected chi connectivity index (χ3v) is 2.21. The second-order valence-corrected chi connectivity index (χ2v) is 4.19. The van der Waals surface area contributed by atoms with E-state index >= 15 is 0 Å². The van der Waals surface area contributed by atoms with Gasteiger partial charge in [-0.05, 0) is 32.4 Å². The van der Waals surface area contributed by atoms with Gasteiger partial charge in [-0.1, -0.05) is 0 Å². The topological polar surface area (TPSA) is 50.9 Å². The van der Waals surface area contributed by atoms with Crippen molar-refractivity contribution >= 4 is 5.82 Å². The number of alkyl halides is 3. The molecule has 96 valence electrons. The van der Waals surface area contributed by atoms with Gasteiger partial charge < -0.3 is 11.1 Å². The van der Waals surface area contributed by atoms with Crippen molar-refractivity contribution in [2.24, 2.45) is 5.73 Å². The highest BCUT2D eigenvalue weighted by Gasteiger charge is 2.30. The molecule has 3 nitrogen and oxygen atoms in total. The maximum Gasteiger partial charge on any atom is 0.417 e. The van der Waals surface area contributed by atoms with E-state index in [-0.39, 0.29) is 12.1 Å². The molecular weight excluding hydrogens is 231 g/mol. The quantitative estimate of drug-likeness (QED) is 0.860. The Hall–Kier alpha value is -1.30. The van der Waals surface area contributed by atoms with Crippen LogP contribution in [0.25, 0.3) is 0 Å². The van der Waals surface area contributed by atoms with Crippen LogP contribution in [0.4, 0.5) is 19.0 Å². The Balaban J connectivity index is 2.63. The van der Waals surface area contributed by atoms with Crippen LogP contribution in [0.15, 0.2) is 18.3 Å². The molecule has 0 radical (unpaired) electrons. The monoisotopic (exact) mass is 247 g/mol. The average Bonchev–Trinajstić information content (AvgIpc) is 2.15. The van der Waals surface area contributed by atoms with E-state index in [1.165, 1.54) is 6.07 Å². The minimum absolute atomic E-state index is 0.0342. The van der Waals surface area contributed by atoms with E-state index in [1.807, 2.05) is 13.8 Å². The molecule has 0 aliphatic rings. The van der Waals surface area contributed by atoms with E-state index in [9.17, 15) is 13.2 Å². The molecule has 0 spiro atoms. The van der Waals surface area contributed by atoms with Crippen LogP contribution in [0.5, 0.6) is 0 Å². The molecule has 0 fully saturated rings. The van der Waals surface area contributed by atoms with E-state index in [1.54, 1.807) is 0 Å². The Bertz CT molecular complexity index is 346. The zero-order valence-electron chi connectivity index (χ0n) is 9.75. The highest BCUT2D eigenvalue weighted by molar-refractivity contribution is 5.37. The van der Waals surface area contributed by atoms with Gasteiger partial charge in [-0.2, -0.15) is 13.2 Å². The Morgan fingerprint density at radius 1 is 1.35 bits per heavy atom. The van der Waals surface area contributed by atoms with E-state index in [2.05, 4.69) is 10.3 Å². The lowest BCUT2D eigenvalue weighted by molar-refractivity contribution is -0.137. The van der Waals surface area contributed by atoms with Crippen molar-refractivity contribution in [3.8, 4) is 0 Å². The molecule has 0 aliphatic carbocycles. The normalized spacial score (nSPS) is 15.4. The summed E-state index contributed by atoms with van der Waals surface area (Å²) in [5.74, 6) is 0.422. The van der Waals surface area contributed by atoms with Gasteiger partial charge in [-0.3, -0.25) is 0 Å². The largest absolute Gasteiger partial charge is 0.417 e. The van der Waals surface area contributed by atoms with E-state index in [4.69, 9.17) is 5.73 Å². The lowest BCUT2D eigenvalue weighted by Crippen LogP contribution is -2.26. The summed E-state index contributed by atoms with van der Waals surface area (Å²) in [6.45, 7) is 3.78. The van der Waals surface area contributed by atoms with Crippen LogP contribution in [-0.2, 0) is 6.18 Å². The van der Waals surface area contributed by atoms with Crippen LogP contribution < -0.4 is 11.1 Å². The molecule has 17 heavy (non-hydrogen) atoms. The second-order valence-electron chi connectivity index (χ2n) is 4.19. The van der Waals surface area contributed by atoms with Crippen molar-refractivity contribution in [3.05, 3.63) is 23.9 Å². The Morgan fingerprint density at radius 3 is 2.41 bits per heavy atom. The fraction of sp³-hybridized carbons (Fsp3) is 0.545. The number of anilines is 1. The fourth-order valence-electron chi connectivity index (χ4n) is 1.52. The summed E-state index contributed by atoms with van der Waals surface area (Å²) in [7, 11) is 0. The maximum atomic E-state index is 12.3. The van der Waals surface area contributed by atoms with Gasteiger partial charge in [-0.25, -0.2) is 4.98 Å². The number of nitrogens with zero attached hydrogens (tertiary/aromatic N) is 1. The van der Waals surface area contributed by atoms with Crippen molar-refractivity contribution in [3.63, 3.8) is 0 Å². The SMILES string of the molecule is CC(N)CC(C)Nc1ccc(C(F)(F)F)cn1. The molecule has 1 rings (SSSR count). The summed E-state index contributed by atoms with van der Waals surface area (Å²) in [5, 5.41) is 2.99. The van der Waals surface area contributed by atoms with Gasteiger partial charge in [0.25, 0.3) is 0 Å². The van der Waals surface area contributed by atoms with Gasteiger partial charge in [-0.15, -0.1) is 0 Å². The average molecular weight is 247 g/mol. The summed E-state index contributed by atoms with van der Waals surface area (Å²) in [6.07, 6.45) is -2.80. The first kappa shape index (κ1) is 13.8. The Labute approximate surface area is 98.2 Å². The van der Waals surface area contributed by atoms with Crippen LogP contribution in [-0.4, -0.2) is 17.1 Å². The lowest BCUT2D eigenvalue weighted by atomic mass is 10.1. The molecule has 3 N–H and O–H groups in total. The minimum Gasteiger partial charge on any atom is -0.368 e. The van der Waals surface area contributed by atoms with Gasteiger partial charge in [0.2, 0.25) is 0 Å². The predicted octanol–water partition coefficient (Wildman–Crippen LogP) is 2.64. The first-order chi connectivity index (χ1) is 7.79. The number of hydrogen-bond donors (Lipinski definition) is 2. The van der Waals surface area contributed by atoms with Crippen molar-refractivity contribution in [2.45, 2.75) is 38.5 Å². The molecule has 1 aromatic heterocycles. The summed E-state index contributed by atoms with van der Waals surface area (Å²) in [6, 6.07) is 2.43. The second kappa shape index (κ2) is 5.35. The van der Waals surface area contributed by atoms with Crippen LogP contribution in [0.1, 0.15) is 25.8 Å².